The predicted octanol–water partition coefficient (Wildman–Crippen LogP) is 5.45. The predicted molar refractivity (Wildman–Crippen MR) is 124 cm³/mol. The highest BCUT2D eigenvalue weighted by atomic mass is 35.5. The van der Waals surface area contributed by atoms with E-state index in [1.54, 1.807) is 23.9 Å². The zero-order valence-corrected chi connectivity index (χ0v) is 19.6. The van der Waals surface area contributed by atoms with Crippen molar-refractivity contribution in [3.8, 4) is 0 Å². The summed E-state index contributed by atoms with van der Waals surface area (Å²) in [6.07, 6.45) is 1.94. The Morgan fingerprint density at radius 2 is 1.77 bits per heavy atom. The summed E-state index contributed by atoms with van der Waals surface area (Å²) in [6, 6.07) is 15.8. The Morgan fingerprint density at radius 1 is 1.10 bits per heavy atom. The first-order valence-electron chi connectivity index (χ1n) is 9.24. The Hall–Kier alpha value is -2.26. The van der Waals surface area contributed by atoms with Crippen molar-refractivity contribution in [3.05, 3.63) is 92.2 Å². The molecular weight excluding hydrogens is 474 g/mol. The normalized spacial score (nSPS) is 16.9. The molecule has 2 heterocycles. The van der Waals surface area contributed by atoms with Crippen molar-refractivity contribution in [2.24, 2.45) is 0 Å². The molecule has 0 aliphatic carbocycles. The summed E-state index contributed by atoms with van der Waals surface area (Å²) in [6.45, 7) is 0.190. The van der Waals surface area contributed by atoms with Crippen LogP contribution in [-0.4, -0.2) is 30.6 Å². The van der Waals surface area contributed by atoms with Crippen LogP contribution in [0.1, 0.15) is 16.5 Å². The first-order valence-corrected chi connectivity index (χ1v) is 13.2. The van der Waals surface area contributed by atoms with E-state index in [1.807, 2.05) is 35.9 Å². The van der Waals surface area contributed by atoms with E-state index in [2.05, 4.69) is 0 Å². The lowest BCUT2D eigenvalue weighted by Gasteiger charge is -2.26. The van der Waals surface area contributed by atoms with Crippen molar-refractivity contribution >= 4 is 50.4 Å². The number of nitrogens with zero attached hydrogens (tertiary/aromatic N) is 1. The van der Waals surface area contributed by atoms with Crippen LogP contribution >= 0.6 is 34.7 Å². The molecule has 1 atom stereocenters. The lowest BCUT2D eigenvalue weighted by atomic mass is 10.1. The number of thiophene rings is 1. The summed E-state index contributed by atoms with van der Waals surface area (Å²) in [5.74, 6) is -1.45. The second-order valence-corrected chi connectivity index (χ2v) is 11.1. The summed E-state index contributed by atoms with van der Waals surface area (Å²) in [5, 5.41) is 13.0. The minimum Gasteiger partial charge on any atom is -0.502 e. The molecule has 3 aromatic rings. The number of halogens is 1. The average Bonchev–Trinajstić information content (AvgIpc) is 3.37. The van der Waals surface area contributed by atoms with Crippen molar-refractivity contribution in [3.63, 3.8) is 0 Å². The van der Waals surface area contributed by atoms with Crippen LogP contribution in [-0.2, 0) is 21.2 Å². The number of hydrogen-bond acceptors (Lipinski definition) is 6. The van der Waals surface area contributed by atoms with E-state index >= 15 is 0 Å². The SMILES string of the molecule is CSc1ccc([C@@H]2C(S(=O)(=O)c3ccc(Cl)cc3)=C(O)C(=O)N2Cc2cccs2)cc1. The number of carbonyl (C=O) groups is 1. The van der Waals surface area contributed by atoms with Gasteiger partial charge in [0.05, 0.1) is 17.5 Å². The Morgan fingerprint density at radius 3 is 2.35 bits per heavy atom. The molecule has 160 valence electrons. The van der Waals surface area contributed by atoms with Gasteiger partial charge in [0.15, 0.2) is 5.76 Å². The third-order valence-electron chi connectivity index (χ3n) is 5.01. The molecule has 31 heavy (non-hydrogen) atoms. The van der Waals surface area contributed by atoms with Gasteiger partial charge in [0.1, 0.15) is 4.91 Å². The average molecular weight is 492 g/mol. The van der Waals surface area contributed by atoms with Gasteiger partial charge >= 0.3 is 0 Å². The van der Waals surface area contributed by atoms with Crippen LogP contribution in [0.2, 0.25) is 5.02 Å². The number of amides is 1. The quantitative estimate of drug-likeness (QED) is 0.464. The Bertz CT molecular complexity index is 1230. The van der Waals surface area contributed by atoms with Gasteiger partial charge in [-0.05, 0) is 59.7 Å². The van der Waals surface area contributed by atoms with E-state index in [1.165, 1.54) is 40.5 Å². The van der Waals surface area contributed by atoms with Gasteiger partial charge in [-0.1, -0.05) is 29.8 Å². The Kier molecular flexibility index (Phi) is 6.16. The molecule has 0 fully saturated rings. The van der Waals surface area contributed by atoms with E-state index in [-0.39, 0.29) is 16.3 Å². The highest BCUT2D eigenvalue weighted by Gasteiger charge is 2.46. The number of thioether (sulfide) groups is 1. The second kappa shape index (κ2) is 8.70. The van der Waals surface area contributed by atoms with Gasteiger partial charge in [0, 0.05) is 14.8 Å². The van der Waals surface area contributed by atoms with E-state index in [9.17, 15) is 18.3 Å². The lowest BCUT2D eigenvalue weighted by Crippen LogP contribution is -2.30. The van der Waals surface area contributed by atoms with Crippen LogP contribution in [0.4, 0.5) is 0 Å². The molecule has 0 spiro atoms. The number of carbonyl (C=O) groups excluding carboxylic acids is 1. The fraction of sp³-hybridized carbons (Fsp3) is 0.136. The monoisotopic (exact) mass is 491 g/mol. The maximum atomic E-state index is 13.5. The number of rotatable bonds is 6. The fourth-order valence-electron chi connectivity index (χ4n) is 3.50. The first-order chi connectivity index (χ1) is 14.8. The number of aliphatic hydroxyl groups excluding tert-OH is 1. The van der Waals surface area contributed by atoms with Crippen LogP contribution in [0.15, 0.2) is 86.5 Å². The molecule has 1 N–H and O–H groups in total. The maximum absolute atomic E-state index is 13.5. The summed E-state index contributed by atoms with van der Waals surface area (Å²) in [5.41, 5.74) is 0.610. The topological polar surface area (TPSA) is 74.7 Å². The number of benzene rings is 2. The van der Waals surface area contributed by atoms with E-state index in [0.717, 1.165) is 9.77 Å². The molecule has 4 rings (SSSR count). The van der Waals surface area contributed by atoms with Crippen molar-refractivity contribution in [2.45, 2.75) is 22.4 Å². The van der Waals surface area contributed by atoms with E-state index < -0.39 is 27.5 Å². The Balaban J connectivity index is 1.85. The minimum absolute atomic E-state index is 0.0324. The summed E-state index contributed by atoms with van der Waals surface area (Å²) in [4.78, 5) is 16.0. The van der Waals surface area contributed by atoms with Gasteiger partial charge in [0.2, 0.25) is 9.84 Å². The molecule has 0 radical (unpaired) electrons. The van der Waals surface area contributed by atoms with Gasteiger partial charge < -0.3 is 10.0 Å². The third kappa shape index (κ3) is 4.13. The zero-order valence-electron chi connectivity index (χ0n) is 16.4. The maximum Gasteiger partial charge on any atom is 0.290 e. The largest absolute Gasteiger partial charge is 0.502 e. The van der Waals surface area contributed by atoms with Gasteiger partial charge in [-0.15, -0.1) is 23.1 Å². The smallest absolute Gasteiger partial charge is 0.290 e. The van der Waals surface area contributed by atoms with Crippen molar-refractivity contribution in [1.29, 1.82) is 0 Å². The second-order valence-electron chi connectivity index (χ2n) is 6.86. The highest BCUT2D eigenvalue weighted by Crippen LogP contribution is 2.43. The van der Waals surface area contributed by atoms with Crippen molar-refractivity contribution in [2.75, 3.05) is 6.26 Å². The first kappa shape index (κ1) is 22.0. The molecule has 2 aromatic carbocycles. The summed E-state index contributed by atoms with van der Waals surface area (Å²) < 4.78 is 27.0. The summed E-state index contributed by atoms with van der Waals surface area (Å²) >= 11 is 8.93. The van der Waals surface area contributed by atoms with Gasteiger partial charge in [-0.25, -0.2) is 8.42 Å². The van der Waals surface area contributed by atoms with Crippen LogP contribution in [0.25, 0.3) is 0 Å². The summed E-state index contributed by atoms with van der Waals surface area (Å²) in [7, 11) is -4.16. The van der Waals surface area contributed by atoms with Crippen LogP contribution in [0, 0.1) is 0 Å². The molecular formula is C22H18ClNO4S3. The highest BCUT2D eigenvalue weighted by molar-refractivity contribution is 7.98. The van der Waals surface area contributed by atoms with Crippen LogP contribution in [0.3, 0.4) is 0 Å². The van der Waals surface area contributed by atoms with Crippen molar-refractivity contribution in [1.82, 2.24) is 4.90 Å². The van der Waals surface area contributed by atoms with Crippen LogP contribution < -0.4 is 0 Å². The molecule has 1 aromatic heterocycles. The third-order valence-corrected chi connectivity index (χ3v) is 8.75. The fourth-order valence-corrected chi connectivity index (χ4v) is 6.38. The molecule has 1 aliphatic heterocycles. The zero-order chi connectivity index (χ0) is 22.2. The molecule has 1 amide bonds. The standard InChI is InChI=1S/C22H18ClNO4S3/c1-29-16-8-4-14(5-9-16)19-21(31(27,28)18-10-6-15(23)7-11-18)20(25)22(26)24(19)13-17-3-2-12-30-17/h2-12,19,25H,13H2,1H3/t19-/m1/s1. The number of hydrogen-bond donors (Lipinski definition) is 1. The molecule has 0 bridgehead atoms. The molecule has 5 nitrogen and oxygen atoms in total. The molecule has 0 saturated heterocycles. The van der Waals surface area contributed by atoms with E-state index in [0.29, 0.717) is 10.6 Å². The minimum atomic E-state index is -4.16. The Labute approximate surface area is 193 Å². The molecule has 0 unspecified atom stereocenters. The van der Waals surface area contributed by atoms with Gasteiger partial charge in [0.25, 0.3) is 5.91 Å². The molecule has 1 aliphatic rings. The van der Waals surface area contributed by atoms with E-state index in [4.69, 9.17) is 11.6 Å². The number of sulfone groups is 1. The van der Waals surface area contributed by atoms with Gasteiger partial charge in [-0.2, -0.15) is 0 Å². The van der Waals surface area contributed by atoms with Crippen LogP contribution in [0.5, 0.6) is 0 Å². The lowest BCUT2D eigenvalue weighted by molar-refractivity contribution is -0.130. The molecule has 9 heteroatoms. The van der Waals surface area contributed by atoms with Crippen molar-refractivity contribution < 1.29 is 18.3 Å². The molecule has 0 saturated carbocycles. The number of aliphatic hydroxyl groups is 1. The van der Waals surface area contributed by atoms with Gasteiger partial charge in [-0.3, -0.25) is 4.79 Å².